The zero-order chi connectivity index (χ0) is 17.8. The van der Waals surface area contributed by atoms with Crippen LogP contribution in [0.5, 0.6) is 0 Å². The zero-order valence-corrected chi connectivity index (χ0v) is 14.9. The van der Waals surface area contributed by atoms with Crippen LogP contribution in [0.3, 0.4) is 0 Å². The summed E-state index contributed by atoms with van der Waals surface area (Å²) in [6, 6.07) is 13.3. The van der Waals surface area contributed by atoms with Gasteiger partial charge in [0.2, 0.25) is 5.95 Å². The number of benzene rings is 2. The average Bonchev–Trinajstić information content (AvgIpc) is 2.53. The molecule has 7 heteroatoms. The Balaban J connectivity index is 1.74. The van der Waals surface area contributed by atoms with Gasteiger partial charge in [-0.1, -0.05) is 35.3 Å². The van der Waals surface area contributed by atoms with E-state index >= 15 is 0 Å². The number of aryl methyl sites for hydroxylation is 1. The molecule has 0 saturated heterocycles. The first-order chi connectivity index (χ1) is 12.0. The topological polar surface area (TPSA) is 49.8 Å². The molecule has 2 N–H and O–H groups in total. The quantitative estimate of drug-likeness (QED) is 0.609. The Kier molecular flexibility index (Phi) is 5.36. The molecule has 0 fully saturated rings. The third kappa shape index (κ3) is 5.05. The van der Waals surface area contributed by atoms with Crippen molar-refractivity contribution in [1.29, 1.82) is 0 Å². The van der Waals surface area contributed by atoms with Crippen LogP contribution in [0.1, 0.15) is 11.3 Å². The smallest absolute Gasteiger partial charge is 0.229 e. The number of nitrogens with one attached hydrogen (secondary N) is 2. The van der Waals surface area contributed by atoms with Crippen LogP contribution in [-0.2, 0) is 6.54 Å². The largest absolute Gasteiger partial charge is 0.366 e. The lowest BCUT2D eigenvalue weighted by Gasteiger charge is -2.10. The Bertz CT molecular complexity index is 864. The Morgan fingerprint density at radius 1 is 0.960 bits per heavy atom. The summed E-state index contributed by atoms with van der Waals surface area (Å²) >= 11 is 12.0. The molecule has 0 bridgehead atoms. The molecule has 25 heavy (non-hydrogen) atoms. The van der Waals surface area contributed by atoms with E-state index in [0.717, 1.165) is 11.3 Å². The Hall–Kier alpha value is -2.37. The molecular formula is C18H15Cl2FN4. The second kappa shape index (κ2) is 7.68. The van der Waals surface area contributed by atoms with E-state index in [2.05, 4.69) is 20.6 Å². The van der Waals surface area contributed by atoms with E-state index in [4.69, 9.17) is 23.2 Å². The van der Waals surface area contributed by atoms with Crippen LogP contribution in [0.2, 0.25) is 10.0 Å². The lowest BCUT2D eigenvalue weighted by molar-refractivity contribution is 0.627. The van der Waals surface area contributed by atoms with Gasteiger partial charge in [0, 0.05) is 34.0 Å². The van der Waals surface area contributed by atoms with Crippen molar-refractivity contribution in [3.05, 3.63) is 75.7 Å². The first kappa shape index (κ1) is 17.5. The molecule has 4 nitrogen and oxygen atoms in total. The molecule has 0 atom stereocenters. The molecule has 3 rings (SSSR count). The number of nitrogens with zero attached hydrogens (tertiary/aromatic N) is 2. The van der Waals surface area contributed by atoms with Gasteiger partial charge in [0.15, 0.2) is 0 Å². The van der Waals surface area contributed by atoms with E-state index < -0.39 is 0 Å². The molecule has 3 aromatic rings. The number of rotatable bonds is 5. The molecule has 0 saturated carbocycles. The summed E-state index contributed by atoms with van der Waals surface area (Å²) in [5.41, 5.74) is 2.45. The normalized spacial score (nSPS) is 10.6. The van der Waals surface area contributed by atoms with Crippen molar-refractivity contribution in [2.45, 2.75) is 13.5 Å². The van der Waals surface area contributed by atoms with Crippen molar-refractivity contribution < 1.29 is 4.39 Å². The minimum Gasteiger partial charge on any atom is -0.366 e. The highest BCUT2D eigenvalue weighted by molar-refractivity contribution is 6.35. The fourth-order valence-corrected chi connectivity index (χ4v) is 2.79. The van der Waals surface area contributed by atoms with Crippen molar-refractivity contribution in [3.63, 3.8) is 0 Å². The SMILES string of the molecule is Cc1cc(NCc2ccc(F)cc2)nc(Nc2cc(Cl)cc(Cl)c2)n1. The molecule has 0 radical (unpaired) electrons. The van der Waals surface area contributed by atoms with Crippen LogP contribution < -0.4 is 10.6 Å². The van der Waals surface area contributed by atoms with Gasteiger partial charge in [0.1, 0.15) is 11.6 Å². The average molecular weight is 377 g/mol. The minimum absolute atomic E-state index is 0.256. The summed E-state index contributed by atoms with van der Waals surface area (Å²) in [6.07, 6.45) is 0. The fraction of sp³-hybridized carbons (Fsp3) is 0.111. The predicted molar refractivity (Wildman–Crippen MR) is 100 cm³/mol. The van der Waals surface area contributed by atoms with Gasteiger partial charge in [0.05, 0.1) is 0 Å². The molecule has 0 amide bonds. The molecule has 128 valence electrons. The molecule has 0 aliphatic carbocycles. The van der Waals surface area contributed by atoms with Gasteiger partial charge >= 0.3 is 0 Å². The number of hydrogen-bond acceptors (Lipinski definition) is 4. The number of anilines is 3. The first-order valence-electron chi connectivity index (χ1n) is 7.55. The summed E-state index contributed by atoms with van der Waals surface area (Å²) in [6.45, 7) is 2.40. The molecule has 2 aromatic carbocycles. The summed E-state index contributed by atoms with van der Waals surface area (Å²) in [5, 5.41) is 7.35. The predicted octanol–water partition coefficient (Wildman–Crippen LogP) is 5.59. The van der Waals surface area contributed by atoms with Crippen LogP contribution >= 0.6 is 23.2 Å². The van der Waals surface area contributed by atoms with Crippen LogP contribution in [-0.4, -0.2) is 9.97 Å². The highest BCUT2D eigenvalue weighted by Gasteiger charge is 2.05. The maximum atomic E-state index is 13.0. The van der Waals surface area contributed by atoms with Crippen molar-refractivity contribution in [2.24, 2.45) is 0 Å². The highest BCUT2D eigenvalue weighted by atomic mass is 35.5. The van der Waals surface area contributed by atoms with Crippen molar-refractivity contribution in [2.75, 3.05) is 10.6 Å². The summed E-state index contributed by atoms with van der Waals surface area (Å²) < 4.78 is 13.0. The van der Waals surface area contributed by atoms with Crippen molar-refractivity contribution >= 4 is 40.7 Å². The standard InChI is InChI=1S/C18H15Cl2FN4/c1-11-6-17(22-10-12-2-4-15(21)5-3-12)25-18(23-11)24-16-8-13(19)7-14(20)9-16/h2-9H,10H2,1H3,(H2,22,23,24,25). The monoisotopic (exact) mass is 376 g/mol. The molecule has 0 spiro atoms. The summed E-state index contributed by atoms with van der Waals surface area (Å²) in [5.74, 6) is 0.834. The number of halogens is 3. The molecule has 1 aromatic heterocycles. The third-order valence-corrected chi connectivity index (χ3v) is 3.80. The van der Waals surface area contributed by atoms with Crippen molar-refractivity contribution in [3.8, 4) is 0 Å². The fourth-order valence-electron chi connectivity index (χ4n) is 2.26. The lowest BCUT2D eigenvalue weighted by atomic mass is 10.2. The molecule has 0 unspecified atom stereocenters. The van der Waals surface area contributed by atoms with Crippen molar-refractivity contribution in [1.82, 2.24) is 9.97 Å². The molecular weight excluding hydrogens is 362 g/mol. The Labute approximate surface area is 155 Å². The third-order valence-electron chi connectivity index (χ3n) is 3.36. The summed E-state index contributed by atoms with van der Waals surface area (Å²) in [7, 11) is 0. The molecule has 1 heterocycles. The number of aromatic nitrogens is 2. The van der Waals surface area contributed by atoms with Gasteiger partial charge in [-0.05, 0) is 42.8 Å². The van der Waals surface area contributed by atoms with E-state index in [1.807, 2.05) is 13.0 Å². The Morgan fingerprint density at radius 3 is 2.32 bits per heavy atom. The van der Waals surface area contributed by atoms with Gasteiger partial charge in [0.25, 0.3) is 0 Å². The van der Waals surface area contributed by atoms with Gasteiger partial charge in [-0.15, -0.1) is 0 Å². The van der Waals surface area contributed by atoms with Gasteiger partial charge in [-0.25, -0.2) is 9.37 Å². The zero-order valence-electron chi connectivity index (χ0n) is 13.4. The summed E-state index contributed by atoms with van der Waals surface area (Å²) in [4.78, 5) is 8.78. The molecule has 0 aliphatic heterocycles. The number of hydrogen-bond donors (Lipinski definition) is 2. The van der Waals surface area contributed by atoms with Gasteiger partial charge in [-0.2, -0.15) is 4.98 Å². The van der Waals surface area contributed by atoms with E-state index in [1.165, 1.54) is 12.1 Å². The maximum Gasteiger partial charge on any atom is 0.229 e. The lowest BCUT2D eigenvalue weighted by Crippen LogP contribution is -2.05. The van der Waals surface area contributed by atoms with Gasteiger partial charge in [-0.3, -0.25) is 0 Å². The maximum absolute atomic E-state index is 13.0. The van der Waals surface area contributed by atoms with E-state index in [-0.39, 0.29) is 5.82 Å². The van der Waals surface area contributed by atoms with Crippen LogP contribution in [0, 0.1) is 12.7 Å². The van der Waals surface area contributed by atoms with Crippen LogP contribution in [0.15, 0.2) is 48.5 Å². The minimum atomic E-state index is -0.256. The Morgan fingerprint density at radius 2 is 1.64 bits per heavy atom. The van der Waals surface area contributed by atoms with E-state index in [9.17, 15) is 4.39 Å². The van der Waals surface area contributed by atoms with E-state index in [1.54, 1.807) is 30.3 Å². The molecule has 0 aliphatic rings. The highest BCUT2D eigenvalue weighted by Crippen LogP contribution is 2.24. The first-order valence-corrected chi connectivity index (χ1v) is 8.31. The van der Waals surface area contributed by atoms with Crippen LogP contribution in [0.4, 0.5) is 21.8 Å². The van der Waals surface area contributed by atoms with Crippen LogP contribution in [0.25, 0.3) is 0 Å². The van der Waals surface area contributed by atoms with E-state index in [0.29, 0.717) is 34.0 Å². The second-order valence-electron chi connectivity index (χ2n) is 5.48. The second-order valence-corrected chi connectivity index (χ2v) is 6.35. The van der Waals surface area contributed by atoms with Gasteiger partial charge < -0.3 is 10.6 Å².